The summed E-state index contributed by atoms with van der Waals surface area (Å²) in [7, 11) is 0. The van der Waals surface area contributed by atoms with Crippen LogP contribution in [-0.2, 0) is 9.53 Å². The smallest absolute Gasteiger partial charge is 0.158 e. The summed E-state index contributed by atoms with van der Waals surface area (Å²) in [5.41, 5.74) is 2.63. The molecule has 2 rings (SSSR count). The van der Waals surface area contributed by atoms with Gasteiger partial charge in [0, 0.05) is 28.7 Å². The van der Waals surface area contributed by atoms with Crippen LogP contribution in [0.2, 0.25) is 5.02 Å². The number of hydrogen-bond acceptors (Lipinski definition) is 5. The number of ether oxygens (including phenoxy) is 1. The lowest BCUT2D eigenvalue weighted by molar-refractivity contribution is -0.113. The van der Waals surface area contributed by atoms with Crippen molar-refractivity contribution in [2.45, 2.75) is 26.7 Å². The van der Waals surface area contributed by atoms with E-state index in [9.17, 15) is 10.1 Å². The van der Waals surface area contributed by atoms with E-state index in [0.717, 1.165) is 22.0 Å². The molecule has 0 saturated carbocycles. The van der Waals surface area contributed by atoms with Gasteiger partial charge in [-0.2, -0.15) is 5.26 Å². The molecule has 1 atom stereocenters. The minimum Gasteiger partial charge on any atom is -0.381 e. The largest absolute Gasteiger partial charge is 0.381 e. The number of dihydropyridines is 1. The van der Waals surface area contributed by atoms with E-state index < -0.39 is 5.92 Å². The van der Waals surface area contributed by atoms with E-state index in [0.29, 0.717) is 29.4 Å². The van der Waals surface area contributed by atoms with Crippen LogP contribution in [0, 0.1) is 11.3 Å². The highest BCUT2D eigenvalue weighted by Crippen LogP contribution is 2.42. The first kappa shape index (κ1) is 19.6. The summed E-state index contributed by atoms with van der Waals surface area (Å²) in [6.45, 7) is 6.59. The van der Waals surface area contributed by atoms with Gasteiger partial charge in [0.25, 0.3) is 0 Å². The van der Waals surface area contributed by atoms with Gasteiger partial charge in [-0.1, -0.05) is 29.8 Å². The molecule has 4 nitrogen and oxygen atoms in total. The van der Waals surface area contributed by atoms with Crippen molar-refractivity contribution in [1.82, 2.24) is 5.32 Å². The molecule has 0 amide bonds. The highest BCUT2D eigenvalue weighted by Gasteiger charge is 2.33. The van der Waals surface area contributed by atoms with Crippen molar-refractivity contribution in [2.24, 2.45) is 0 Å². The number of benzene rings is 1. The first-order valence-corrected chi connectivity index (χ1v) is 9.45. The van der Waals surface area contributed by atoms with Gasteiger partial charge in [-0.05, 0) is 32.4 Å². The molecular weight excluding hydrogens is 356 g/mol. The van der Waals surface area contributed by atoms with E-state index >= 15 is 0 Å². The average Bonchev–Trinajstić information content (AvgIpc) is 2.58. The van der Waals surface area contributed by atoms with Crippen molar-refractivity contribution in [1.29, 1.82) is 5.26 Å². The van der Waals surface area contributed by atoms with Crippen LogP contribution in [0.5, 0.6) is 0 Å². The number of halogens is 1. The lowest BCUT2D eigenvalue weighted by Gasteiger charge is -2.29. The Bertz CT molecular complexity index is 765. The monoisotopic (exact) mass is 376 g/mol. The Kier molecular flexibility index (Phi) is 7.12. The zero-order valence-corrected chi connectivity index (χ0v) is 16.1. The van der Waals surface area contributed by atoms with E-state index in [1.807, 2.05) is 32.0 Å². The average molecular weight is 377 g/mol. The van der Waals surface area contributed by atoms with Crippen molar-refractivity contribution in [3.05, 3.63) is 56.7 Å². The molecule has 0 radical (unpaired) electrons. The predicted molar refractivity (Wildman–Crippen MR) is 102 cm³/mol. The number of ketones is 1. The summed E-state index contributed by atoms with van der Waals surface area (Å²) >= 11 is 7.90. The summed E-state index contributed by atoms with van der Waals surface area (Å²) in [4.78, 5) is 12.3. The third-order valence-electron chi connectivity index (χ3n) is 3.92. The molecule has 1 aromatic carbocycles. The van der Waals surface area contributed by atoms with Gasteiger partial charge >= 0.3 is 0 Å². The summed E-state index contributed by atoms with van der Waals surface area (Å²) in [6, 6.07) is 9.64. The van der Waals surface area contributed by atoms with Gasteiger partial charge in [-0.25, -0.2) is 0 Å². The molecule has 0 spiro atoms. The second-order valence-corrected chi connectivity index (χ2v) is 7.09. The molecule has 0 fully saturated rings. The van der Waals surface area contributed by atoms with Crippen LogP contribution in [0.4, 0.5) is 0 Å². The van der Waals surface area contributed by atoms with Crippen LogP contribution in [0.25, 0.3) is 0 Å². The van der Waals surface area contributed by atoms with Crippen molar-refractivity contribution in [2.75, 3.05) is 19.0 Å². The second-order valence-electron chi connectivity index (χ2n) is 5.57. The number of nitrogens with zero attached hydrogens (tertiary/aromatic N) is 1. The van der Waals surface area contributed by atoms with Crippen LogP contribution in [0.1, 0.15) is 32.3 Å². The topological polar surface area (TPSA) is 62.1 Å². The summed E-state index contributed by atoms with van der Waals surface area (Å²) < 4.78 is 5.37. The fraction of sp³-hybridized carbons (Fsp3) is 0.368. The zero-order chi connectivity index (χ0) is 18.4. The van der Waals surface area contributed by atoms with Crippen molar-refractivity contribution in [3.8, 4) is 6.07 Å². The molecule has 0 aliphatic carbocycles. The van der Waals surface area contributed by atoms with E-state index in [4.69, 9.17) is 16.3 Å². The number of carbonyl (C=O) groups is 1. The summed E-state index contributed by atoms with van der Waals surface area (Å²) in [6.07, 6.45) is 0. The van der Waals surface area contributed by atoms with Gasteiger partial charge in [0.15, 0.2) is 5.78 Å². The SMILES string of the molecule is CCOCCSC1=C(C#N)[C@H](c2ccccc2Cl)C(C(C)=O)=C(C)N1. The molecular formula is C19H21ClN2O2S. The van der Waals surface area contributed by atoms with Crippen LogP contribution < -0.4 is 5.32 Å². The zero-order valence-electron chi connectivity index (χ0n) is 14.6. The Balaban J connectivity index is 2.48. The molecule has 132 valence electrons. The van der Waals surface area contributed by atoms with Crippen molar-refractivity contribution >= 4 is 29.1 Å². The fourth-order valence-corrected chi connectivity index (χ4v) is 4.05. The third-order valence-corrected chi connectivity index (χ3v) is 5.25. The molecule has 25 heavy (non-hydrogen) atoms. The van der Waals surface area contributed by atoms with E-state index in [-0.39, 0.29) is 5.78 Å². The number of allylic oxidation sites excluding steroid dienone is 3. The van der Waals surface area contributed by atoms with Crippen LogP contribution >= 0.6 is 23.4 Å². The number of nitrogens with one attached hydrogen (secondary N) is 1. The molecule has 0 bridgehead atoms. The van der Waals surface area contributed by atoms with Gasteiger partial charge in [0.05, 0.1) is 29.2 Å². The molecule has 0 saturated heterocycles. The van der Waals surface area contributed by atoms with E-state index in [2.05, 4.69) is 11.4 Å². The Morgan fingerprint density at radius 2 is 2.16 bits per heavy atom. The van der Waals surface area contributed by atoms with E-state index in [1.165, 1.54) is 18.7 Å². The number of carbonyl (C=O) groups excluding carboxylic acids is 1. The van der Waals surface area contributed by atoms with Gasteiger partial charge in [-0.15, -0.1) is 11.8 Å². The van der Waals surface area contributed by atoms with E-state index in [1.54, 1.807) is 6.07 Å². The summed E-state index contributed by atoms with van der Waals surface area (Å²) in [5, 5.41) is 14.3. The third kappa shape index (κ3) is 4.46. The lowest BCUT2D eigenvalue weighted by atomic mass is 9.81. The van der Waals surface area contributed by atoms with Crippen LogP contribution in [0.3, 0.4) is 0 Å². The van der Waals surface area contributed by atoms with Gasteiger partial charge < -0.3 is 10.1 Å². The number of rotatable bonds is 7. The van der Waals surface area contributed by atoms with Gasteiger partial charge in [0.2, 0.25) is 0 Å². The number of thioether (sulfide) groups is 1. The first-order valence-electron chi connectivity index (χ1n) is 8.09. The minimum absolute atomic E-state index is 0.0685. The molecule has 0 unspecified atom stereocenters. The quantitative estimate of drug-likeness (QED) is 0.715. The molecule has 1 aromatic rings. The highest BCUT2D eigenvalue weighted by atomic mass is 35.5. The molecule has 6 heteroatoms. The lowest BCUT2D eigenvalue weighted by Crippen LogP contribution is -2.27. The standard InChI is InChI=1S/C19H21ClN2O2S/c1-4-24-9-10-25-19-15(11-21)18(14-7-5-6-8-16(14)20)17(13(3)23)12(2)22-19/h5-8,18,22H,4,9-10H2,1-3H3/t18-/m0/s1. The maximum Gasteiger partial charge on any atom is 0.158 e. The maximum atomic E-state index is 12.3. The maximum absolute atomic E-state index is 12.3. The minimum atomic E-state index is -0.452. The van der Waals surface area contributed by atoms with Gasteiger partial charge in [0.1, 0.15) is 0 Å². The number of nitriles is 1. The van der Waals surface area contributed by atoms with Crippen LogP contribution in [-0.4, -0.2) is 24.7 Å². The predicted octanol–water partition coefficient (Wildman–Crippen LogP) is 4.39. The van der Waals surface area contributed by atoms with Crippen LogP contribution in [0.15, 0.2) is 46.1 Å². The number of Topliss-reactive ketones (excluding diaryl/α,β-unsaturated/α-hetero) is 1. The van der Waals surface area contributed by atoms with Crippen molar-refractivity contribution < 1.29 is 9.53 Å². The molecule has 1 heterocycles. The molecule has 1 N–H and O–H groups in total. The molecule has 1 aliphatic heterocycles. The second kappa shape index (κ2) is 9.10. The molecule has 1 aliphatic rings. The number of hydrogen-bond donors (Lipinski definition) is 1. The van der Waals surface area contributed by atoms with Crippen molar-refractivity contribution in [3.63, 3.8) is 0 Å². The first-order chi connectivity index (χ1) is 12.0. The Morgan fingerprint density at radius 3 is 2.76 bits per heavy atom. The Hall–Kier alpha value is -1.74. The highest BCUT2D eigenvalue weighted by molar-refractivity contribution is 8.03. The Labute approximate surface area is 157 Å². The summed E-state index contributed by atoms with van der Waals surface area (Å²) in [5.74, 6) is 0.201. The Morgan fingerprint density at radius 1 is 1.44 bits per heavy atom. The van der Waals surface area contributed by atoms with Gasteiger partial charge in [-0.3, -0.25) is 4.79 Å². The fourth-order valence-electron chi connectivity index (χ4n) is 2.86. The molecule has 0 aromatic heterocycles. The normalized spacial score (nSPS) is 17.3.